The highest BCUT2D eigenvalue weighted by Gasteiger charge is 2.15. The highest BCUT2D eigenvalue weighted by atomic mass is 32.1. The fraction of sp³-hybridized carbons (Fsp3) is 0.250. The largest absolute Gasteiger partial charge is 0.388 e. The molecule has 0 radical (unpaired) electrons. The molecule has 0 aliphatic rings. The summed E-state index contributed by atoms with van der Waals surface area (Å²) >= 11 is 1.57. The third-order valence-corrected chi connectivity index (χ3v) is 3.74. The van der Waals surface area contributed by atoms with E-state index in [1.165, 1.54) is 0 Å². The molecule has 3 heterocycles. The number of aryl methyl sites for hydroxylation is 1. The van der Waals surface area contributed by atoms with Crippen molar-refractivity contribution in [3.8, 4) is 0 Å². The van der Waals surface area contributed by atoms with Gasteiger partial charge >= 0.3 is 0 Å². The normalized spacial score (nSPS) is 13.0. The number of nitrogens with zero attached hydrogens (tertiary/aromatic N) is 4. The molecule has 0 fully saturated rings. The summed E-state index contributed by atoms with van der Waals surface area (Å²) in [6, 6.07) is 0. The van der Waals surface area contributed by atoms with E-state index < -0.39 is 6.10 Å². The van der Waals surface area contributed by atoms with E-state index in [4.69, 9.17) is 0 Å². The van der Waals surface area contributed by atoms with Gasteiger partial charge in [-0.3, -0.25) is 4.98 Å². The van der Waals surface area contributed by atoms with Gasteiger partial charge in [0.15, 0.2) is 0 Å². The second-order valence-electron chi connectivity index (χ2n) is 4.11. The van der Waals surface area contributed by atoms with Gasteiger partial charge in [0.05, 0.1) is 29.0 Å². The first-order chi connectivity index (χ1) is 8.74. The van der Waals surface area contributed by atoms with Crippen molar-refractivity contribution in [3.05, 3.63) is 46.4 Å². The van der Waals surface area contributed by atoms with Crippen LogP contribution in [0.5, 0.6) is 0 Å². The van der Waals surface area contributed by atoms with Gasteiger partial charge in [0.25, 0.3) is 0 Å². The molecule has 0 aliphatic heterocycles. The van der Waals surface area contributed by atoms with Crippen LogP contribution in [0.1, 0.15) is 22.4 Å². The van der Waals surface area contributed by atoms with Crippen LogP contribution in [0.4, 0.5) is 0 Å². The van der Waals surface area contributed by atoms with Gasteiger partial charge in [-0.05, 0) is 6.92 Å². The quantitative estimate of drug-likeness (QED) is 0.779. The smallest absolute Gasteiger partial charge is 0.0957 e. The van der Waals surface area contributed by atoms with E-state index in [1.54, 1.807) is 40.6 Å². The van der Waals surface area contributed by atoms with E-state index in [2.05, 4.69) is 15.1 Å². The molecule has 0 bridgehead atoms. The summed E-state index contributed by atoms with van der Waals surface area (Å²) in [4.78, 5) is 8.41. The highest BCUT2D eigenvalue weighted by Crippen LogP contribution is 2.23. The summed E-state index contributed by atoms with van der Waals surface area (Å²) in [5.41, 5.74) is 2.61. The first kappa shape index (κ1) is 11.3. The minimum Gasteiger partial charge on any atom is -0.388 e. The van der Waals surface area contributed by atoms with Crippen molar-refractivity contribution in [2.75, 3.05) is 0 Å². The number of hydrogen-bond donors (Lipinski definition) is 1. The Morgan fingerprint density at radius 3 is 3.11 bits per heavy atom. The lowest BCUT2D eigenvalue weighted by Gasteiger charge is -2.06. The number of fused-ring (bicyclic) bond motifs is 1. The van der Waals surface area contributed by atoms with Gasteiger partial charge in [-0.25, -0.2) is 9.50 Å². The van der Waals surface area contributed by atoms with Crippen molar-refractivity contribution in [3.63, 3.8) is 0 Å². The molecular formula is C12H12N4OS. The molecule has 0 amide bonds. The molecule has 18 heavy (non-hydrogen) atoms. The molecular weight excluding hydrogens is 248 g/mol. The highest BCUT2D eigenvalue weighted by molar-refractivity contribution is 7.09. The van der Waals surface area contributed by atoms with Crippen molar-refractivity contribution in [1.29, 1.82) is 0 Å². The summed E-state index contributed by atoms with van der Waals surface area (Å²) < 4.78 is 1.71. The summed E-state index contributed by atoms with van der Waals surface area (Å²) in [5.74, 6) is 0. The van der Waals surface area contributed by atoms with Crippen molar-refractivity contribution in [2.24, 2.45) is 0 Å². The Hall–Kier alpha value is -1.79. The Morgan fingerprint density at radius 2 is 2.33 bits per heavy atom. The van der Waals surface area contributed by atoms with Crippen molar-refractivity contribution in [2.45, 2.75) is 19.4 Å². The number of aliphatic hydroxyl groups excluding tert-OH is 1. The Bertz CT molecular complexity index is 675. The maximum atomic E-state index is 10.3. The Morgan fingerprint density at radius 1 is 1.44 bits per heavy atom. The van der Waals surface area contributed by atoms with Gasteiger partial charge in [0, 0.05) is 35.5 Å². The third kappa shape index (κ3) is 2.00. The average Bonchev–Trinajstić information content (AvgIpc) is 2.95. The SMILES string of the molecule is Cc1csc(CC(O)c2cnn3ccncc23)n1. The van der Waals surface area contributed by atoms with Gasteiger partial charge < -0.3 is 5.11 Å². The lowest BCUT2D eigenvalue weighted by molar-refractivity contribution is 0.180. The summed E-state index contributed by atoms with van der Waals surface area (Å²) in [7, 11) is 0. The Balaban J connectivity index is 1.90. The number of hydrogen-bond acceptors (Lipinski definition) is 5. The van der Waals surface area contributed by atoms with Gasteiger partial charge in [-0.1, -0.05) is 0 Å². The van der Waals surface area contributed by atoms with Crippen LogP contribution < -0.4 is 0 Å². The van der Waals surface area contributed by atoms with E-state index in [-0.39, 0.29) is 0 Å². The topological polar surface area (TPSA) is 63.3 Å². The first-order valence-corrected chi connectivity index (χ1v) is 6.48. The molecule has 3 aromatic heterocycles. The lowest BCUT2D eigenvalue weighted by Crippen LogP contribution is -2.01. The fourth-order valence-electron chi connectivity index (χ4n) is 1.88. The van der Waals surface area contributed by atoms with Crippen molar-refractivity contribution in [1.82, 2.24) is 19.6 Å². The molecule has 0 aromatic carbocycles. The molecule has 0 aliphatic carbocycles. The van der Waals surface area contributed by atoms with E-state index in [1.807, 2.05) is 12.3 Å². The van der Waals surface area contributed by atoms with Crippen LogP contribution in [0.15, 0.2) is 30.2 Å². The van der Waals surface area contributed by atoms with E-state index in [0.29, 0.717) is 6.42 Å². The second kappa shape index (κ2) is 4.47. The number of aromatic nitrogens is 4. The van der Waals surface area contributed by atoms with Crippen LogP contribution in [-0.4, -0.2) is 24.7 Å². The summed E-state index contributed by atoms with van der Waals surface area (Å²) in [6.45, 7) is 1.95. The molecule has 3 rings (SSSR count). The molecule has 1 unspecified atom stereocenters. The van der Waals surface area contributed by atoms with Gasteiger partial charge in [-0.15, -0.1) is 11.3 Å². The maximum absolute atomic E-state index is 10.3. The van der Waals surface area contributed by atoms with Crippen LogP contribution in [-0.2, 0) is 6.42 Å². The van der Waals surface area contributed by atoms with Crippen LogP contribution in [0.25, 0.3) is 5.52 Å². The molecule has 92 valence electrons. The maximum Gasteiger partial charge on any atom is 0.0957 e. The van der Waals surface area contributed by atoms with Crippen LogP contribution >= 0.6 is 11.3 Å². The molecule has 1 atom stereocenters. The minimum absolute atomic E-state index is 0.509. The minimum atomic E-state index is -0.600. The van der Waals surface area contributed by atoms with Crippen molar-refractivity contribution >= 4 is 16.9 Å². The number of aliphatic hydroxyl groups is 1. The van der Waals surface area contributed by atoms with Crippen molar-refractivity contribution < 1.29 is 5.11 Å². The summed E-state index contributed by atoms with van der Waals surface area (Å²) in [6.07, 6.45) is 6.73. The van der Waals surface area contributed by atoms with E-state index in [9.17, 15) is 5.11 Å². The van der Waals surface area contributed by atoms with Gasteiger partial charge in [-0.2, -0.15) is 5.10 Å². The zero-order valence-electron chi connectivity index (χ0n) is 9.82. The molecule has 6 heteroatoms. The van der Waals surface area contributed by atoms with Gasteiger partial charge in [0.2, 0.25) is 0 Å². The molecule has 1 N–H and O–H groups in total. The average molecular weight is 260 g/mol. The Labute approximate surface area is 108 Å². The zero-order valence-corrected chi connectivity index (χ0v) is 10.6. The standard InChI is InChI=1S/C12H12N4OS/c1-8-7-18-12(15-8)4-11(17)9-5-14-16-3-2-13-6-10(9)16/h2-3,5-7,11,17H,4H2,1H3. The molecule has 0 saturated carbocycles. The van der Waals surface area contributed by atoms with E-state index >= 15 is 0 Å². The third-order valence-electron chi connectivity index (χ3n) is 2.75. The Kier molecular flexibility index (Phi) is 2.81. The van der Waals surface area contributed by atoms with Gasteiger partial charge in [0.1, 0.15) is 0 Å². The number of rotatable bonds is 3. The second-order valence-corrected chi connectivity index (χ2v) is 5.05. The molecule has 0 spiro atoms. The molecule has 0 saturated heterocycles. The fourth-order valence-corrected chi connectivity index (χ4v) is 2.69. The van der Waals surface area contributed by atoms with Crippen LogP contribution in [0.3, 0.4) is 0 Å². The van der Waals surface area contributed by atoms with Crippen LogP contribution in [0.2, 0.25) is 0 Å². The molecule has 5 nitrogen and oxygen atoms in total. The molecule has 3 aromatic rings. The number of thiazole rings is 1. The van der Waals surface area contributed by atoms with E-state index in [0.717, 1.165) is 21.8 Å². The summed E-state index contributed by atoms with van der Waals surface area (Å²) in [5, 5.41) is 17.4. The van der Waals surface area contributed by atoms with Crippen LogP contribution in [0, 0.1) is 6.92 Å². The lowest BCUT2D eigenvalue weighted by atomic mass is 10.1. The predicted octanol–water partition coefficient (Wildman–Crippen LogP) is 1.77. The zero-order chi connectivity index (χ0) is 12.5. The predicted molar refractivity (Wildman–Crippen MR) is 68.5 cm³/mol. The monoisotopic (exact) mass is 260 g/mol. The first-order valence-electron chi connectivity index (χ1n) is 5.60.